The topological polar surface area (TPSA) is 20.3 Å². The zero-order chi connectivity index (χ0) is 30.5. The maximum Gasteiger partial charge on any atom is 0.392 e. The summed E-state index contributed by atoms with van der Waals surface area (Å²) < 4.78 is 216. The molecule has 1 aliphatic heterocycles. The number of carbonyl (C=O) groups excluding carboxylic acids is 1. The first kappa shape index (κ1) is 32.8. The number of rotatable bonds is 10. The van der Waals surface area contributed by atoms with E-state index in [0.29, 0.717) is 6.42 Å². The van der Waals surface area contributed by atoms with Crippen molar-refractivity contribution in [1.29, 1.82) is 0 Å². The molecule has 1 heterocycles. The van der Waals surface area contributed by atoms with E-state index in [2.05, 4.69) is 0 Å². The zero-order valence-corrected chi connectivity index (χ0v) is 19.0. The Morgan fingerprint density at radius 3 is 1.54 bits per heavy atom. The van der Waals surface area contributed by atoms with E-state index >= 15 is 0 Å². The van der Waals surface area contributed by atoms with Gasteiger partial charge in [-0.25, -0.2) is 8.78 Å². The van der Waals surface area contributed by atoms with Gasteiger partial charge in [-0.15, -0.1) is 0 Å². The van der Waals surface area contributed by atoms with Crippen molar-refractivity contribution in [3.05, 3.63) is 35.9 Å². The Bertz CT molecular complexity index is 1000. The molecule has 0 unspecified atom stereocenters. The molecule has 18 heteroatoms. The van der Waals surface area contributed by atoms with Gasteiger partial charge in [-0.05, 0) is 30.7 Å². The maximum atomic E-state index is 14.2. The van der Waals surface area contributed by atoms with E-state index < -0.39 is 66.9 Å². The second-order valence-electron chi connectivity index (χ2n) is 8.80. The number of hydrogen-bond acceptors (Lipinski definition) is 1. The number of piperidine rings is 1. The largest absolute Gasteiger partial charge is 0.392 e. The summed E-state index contributed by atoms with van der Waals surface area (Å²) in [6.45, 7) is -1.64. The van der Waals surface area contributed by atoms with Crippen molar-refractivity contribution in [3.63, 3.8) is 0 Å². The summed E-state index contributed by atoms with van der Waals surface area (Å²) in [6, 6.07) is 8.25. The Balaban J connectivity index is 2.32. The van der Waals surface area contributed by atoms with Crippen molar-refractivity contribution in [3.8, 4) is 0 Å². The van der Waals surface area contributed by atoms with Crippen molar-refractivity contribution >= 4 is 5.91 Å². The normalized spacial score (nSPS) is 17.6. The van der Waals surface area contributed by atoms with Gasteiger partial charge in [-0.1, -0.05) is 30.3 Å². The Kier molecular flexibility index (Phi) is 8.57. The Morgan fingerprint density at radius 1 is 0.692 bits per heavy atom. The highest BCUT2D eigenvalue weighted by atomic mass is 19.4. The molecular weight excluding hydrogens is 586 g/mol. The van der Waals surface area contributed by atoms with Gasteiger partial charge in [0.05, 0.1) is 0 Å². The van der Waals surface area contributed by atoms with Crippen LogP contribution >= 0.6 is 0 Å². The number of carbonyl (C=O) groups is 1. The standard InChI is InChI=1S/C21H17F16NO/c22-13(23)15(24,25)17(28,29)19(32,33)21(36,37)20(34,35)18(30,31)16(26,27)14(39)38-8-6-12(7-9-38)10-11-4-2-1-3-5-11/h1-5,12-13H,6-10H2. The van der Waals surface area contributed by atoms with Crippen molar-refractivity contribution in [2.45, 2.75) is 67.1 Å². The average molecular weight is 603 g/mol. The lowest BCUT2D eigenvalue weighted by molar-refractivity contribution is -0.444. The fourth-order valence-electron chi connectivity index (χ4n) is 3.76. The average Bonchev–Trinajstić information content (AvgIpc) is 2.83. The van der Waals surface area contributed by atoms with Crippen molar-refractivity contribution in [1.82, 2.24) is 4.90 Å². The third kappa shape index (κ3) is 5.00. The molecule has 2 rings (SSSR count). The van der Waals surface area contributed by atoms with Gasteiger partial charge in [0.25, 0.3) is 5.91 Å². The number of benzene rings is 1. The fourth-order valence-corrected chi connectivity index (χ4v) is 3.76. The highest BCUT2D eigenvalue weighted by Crippen LogP contribution is 2.63. The first-order valence-electron chi connectivity index (χ1n) is 10.7. The zero-order valence-electron chi connectivity index (χ0n) is 19.0. The Hall–Kier alpha value is -2.43. The summed E-state index contributed by atoms with van der Waals surface area (Å²) in [7, 11) is 0. The molecule has 0 atom stereocenters. The van der Waals surface area contributed by atoms with E-state index in [1.165, 1.54) is 0 Å². The second kappa shape index (κ2) is 10.2. The van der Waals surface area contributed by atoms with Crippen LogP contribution in [0.3, 0.4) is 0 Å². The Morgan fingerprint density at radius 2 is 1.10 bits per heavy atom. The summed E-state index contributed by atoms with van der Waals surface area (Å²) in [4.78, 5) is 11.8. The van der Waals surface area contributed by atoms with Crippen LogP contribution in [-0.2, 0) is 11.2 Å². The third-order valence-corrected chi connectivity index (χ3v) is 6.20. The minimum absolute atomic E-state index is 0.179. The molecule has 1 saturated heterocycles. The van der Waals surface area contributed by atoms with E-state index in [4.69, 9.17) is 0 Å². The van der Waals surface area contributed by atoms with E-state index in [-0.39, 0.29) is 23.7 Å². The molecule has 1 fully saturated rings. The van der Waals surface area contributed by atoms with E-state index in [1.54, 1.807) is 30.3 Å². The van der Waals surface area contributed by atoms with Crippen LogP contribution in [0.25, 0.3) is 0 Å². The molecule has 1 aliphatic rings. The first-order valence-corrected chi connectivity index (χ1v) is 10.7. The number of amides is 1. The summed E-state index contributed by atoms with van der Waals surface area (Å²) in [5, 5.41) is 0. The highest BCUT2D eigenvalue weighted by molar-refractivity contribution is 5.85. The first-order chi connectivity index (χ1) is 17.4. The predicted molar refractivity (Wildman–Crippen MR) is 100 cm³/mol. The molecular formula is C21H17F16NO. The predicted octanol–water partition coefficient (Wildman–Crippen LogP) is 7.18. The van der Waals surface area contributed by atoms with Crippen molar-refractivity contribution in [2.75, 3.05) is 13.1 Å². The lowest BCUT2D eigenvalue weighted by Gasteiger charge is -2.43. The van der Waals surface area contributed by atoms with Gasteiger partial charge in [-0.3, -0.25) is 4.79 Å². The van der Waals surface area contributed by atoms with Crippen LogP contribution in [0.4, 0.5) is 70.2 Å². The minimum Gasteiger partial charge on any atom is -0.337 e. The lowest BCUT2D eigenvalue weighted by atomic mass is 9.87. The van der Waals surface area contributed by atoms with Crippen molar-refractivity contribution in [2.24, 2.45) is 5.92 Å². The van der Waals surface area contributed by atoms with Gasteiger partial charge in [0, 0.05) is 13.1 Å². The molecule has 224 valence electrons. The van der Waals surface area contributed by atoms with Gasteiger partial charge >= 0.3 is 47.9 Å². The molecule has 0 radical (unpaired) electrons. The molecule has 0 N–H and O–H groups in total. The van der Waals surface area contributed by atoms with Crippen LogP contribution in [0.2, 0.25) is 0 Å². The van der Waals surface area contributed by atoms with Crippen LogP contribution in [0.1, 0.15) is 18.4 Å². The third-order valence-electron chi connectivity index (χ3n) is 6.20. The molecule has 0 aromatic heterocycles. The fraction of sp³-hybridized carbons (Fsp3) is 0.667. The summed E-state index contributed by atoms with van der Waals surface area (Å²) in [5.74, 6) is -59.5. The monoisotopic (exact) mass is 603 g/mol. The van der Waals surface area contributed by atoms with E-state index in [9.17, 15) is 75.0 Å². The molecule has 0 saturated carbocycles. The molecule has 1 aromatic carbocycles. The second-order valence-corrected chi connectivity index (χ2v) is 8.80. The quantitative estimate of drug-likeness (QED) is 0.260. The van der Waals surface area contributed by atoms with Gasteiger partial charge in [0.15, 0.2) is 0 Å². The van der Waals surface area contributed by atoms with Gasteiger partial charge in [0.2, 0.25) is 0 Å². The van der Waals surface area contributed by atoms with Crippen molar-refractivity contribution < 1.29 is 75.0 Å². The maximum absolute atomic E-state index is 14.2. The van der Waals surface area contributed by atoms with E-state index in [0.717, 1.165) is 5.56 Å². The smallest absolute Gasteiger partial charge is 0.337 e. The van der Waals surface area contributed by atoms with Gasteiger partial charge < -0.3 is 4.90 Å². The van der Waals surface area contributed by atoms with E-state index in [1.807, 2.05) is 0 Å². The molecule has 0 spiro atoms. The molecule has 2 nitrogen and oxygen atoms in total. The summed E-state index contributed by atoms with van der Waals surface area (Å²) in [5.41, 5.74) is 0.733. The molecule has 1 aromatic rings. The number of nitrogens with zero attached hydrogens (tertiary/aromatic N) is 1. The van der Waals surface area contributed by atoms with Crippen LogP contribution in [0, 0.1) is 5.92 Å². The van der Waals surface area contributed by atoms with Crippen LogP contribution < -0.4 is 0 Å². The summed E-state index contributed by atoms with van der Waals surface area (Å²) in [6.07, 6.45) is -5.99. The molecule has 0 aliphatic carbocycles. The molecule has 0 bridgehead atoms. The SMILES string of the molecule is O=C(N1CCC(Cc2ccccc2)CC1)C(F)(F)C(F)(F)C(F)(F)C(F)(F)C(F)(F)C(F)(F)C(F)(F)C(F)F. The number of halogens is 16. The minimum atomic E-state index is -8.52. The number of alkyl halides is 16. The number of likely N-dealkylation sites (tertiary alicyclic amines) is 1. The van der Waals surface area contributed by atoms with Crippen LogP contribution in [-0.4, -0.2) is 71.8 Å². The highest BCUT2D eigenvalue weighted by Gasteiger charge is 2.94. The van der Waals surface area contributed by atoms with Gasteiger partial charge in [0.1, 0.15) is 0 Å². The number of hydrogen-bond donors (Lipinski definition) is 0. The van der Waals surface area contributed by atoms with Gasteiger partial charge in [-0.2, -0.15) is 61.5 Å². The molecule has 39 heavy (non-hydrogen) atoms. The lowest BCUT2D eigenvalue weighted by Crippen LogP contribution is -2.75. The molecule has 1 amide bonds. The van der Waals surface area contributed by atoms with Crippen LogP contribution in [0.15, 0.2) is 30.3 Å². The van der Waals surface area contributed by atoms with Crippen LogP contribution in [0.5, 0.6) is 0 Å². The Labute approximate surface area is 208 Å². The summed E-state index contributed by atoms with van der Waals surface area (Å²) >= 11 is 0.